The molecular formula is C8H16FNO2. The lowest BCUT2D eigenvalue weighted by Gasteiger charge is -2.16. The topological polar surface area (TPSA) is 29.5 Å². The van der Waals surface area contributed by atoms with Crippen molar-refractivity contribution in [3.05, 3.63) is 0 Å². The highest BCUT2D eigenvalue weighted by molar-refractivity contribution is 5.68. The van der Waals surface area contributed by atoms with Crippen LogP contribution < -0.4 is 0 Å². The molecule has 0 heterocycles. The molecule has 0 atom stereocenters. The molecule has 12 heavy (non-hydrogen) atoms. The predicted molar refractivity (Wildman–Crippen MR) is 44.2 cm³/mol. The number of hydrogen-bond donors (Lipinski definition) is 0. The molecular weight excluding hydrogens is 161 g/mol. The molecule has 72 valence electrons. The van der Waals surface area contributed by atoms with E-state index in [1.807, 2.05) is 0 Å². The predicted octanol–water partition coefficient (Wildman–Crippen LogP) is 1.54. The smallest absolute Gasteiger partial charge is 0.304 e. The second kappa shape index (κ2) is 7.03. The van der Waals surface area contributed by atoms with E-state index >= 15 is 0 Å². The van der Waals surface area contributed by atoms with E-state index < -0.39 is 5.97 Å². The first-order valence-electron chi connectivity index (χ1n) is 4.28. The monoisotopic (exact) mass is 177 g/mol. The maximum atomic E-state index is 11.2. The van der Waals surface area contributed by atoms with Crippen LogP contribution in [0.15, 0.2) is 0 Å². The van der Waals surface area contributed by atoms with Crippen molar-refractivity contribution >= 4 is 5.97 Å². The molecule has 0 bridgehead atoms. The van der Waals surface area contributed by atoms with E-state index in [2.05, 4.69) is 23.7 Å². The SMILES string of the molecule is CCN(CC)CCCC(=O)OF. The fourth-order valence-electron chi connectivity index (χ4n) is 1.03. The van der Waals surface area contributed by atoms with Gasteiger partial charge in [0.2, 0.25) is 0 Å². The summed E-state index contributed by atoms with van der Waals surface area (Å²) in [6, 6.07) is 0. The lowest BCUT2D eigenvalue weighted by atomic mass is 10.3. The maximum absolute atomic E-state index is 11.2. The Hall–Kier alpha value is -0.640. The lowest BCUT2D eigenvalue weighted by molar-refractivity contribution is -0.183. The molecule has 0 rings (SSSR count). The van der Waals surface area contributed by atoms with Crippen LogP contribution in [0.5, 0.6) is 0 Å². The molecule has 0 spiro atoms. The molecule has 4 heteroatoms. The van der Waals surface area contributed by atoms with Gasteiger partial charge < -0.3 is 4.90 Å². The molecule has 3 nitrogen and oxygen atoms in total. The third kappa shape index (κ3) is 5.07. The lowest BCUT2D eigenvalue weighted by Crippen LogP contribution is -2.24. The molecule has 0 aromatic rings. The van der Waals surface area contributed by atoms with Crippen molar-refractivity contribution < 1.29 is 14.3 Å². The number of rotatable bonds is 6. The fraction of sp³-hybridized carbons (Fsp3) is 0.875. The van der Waals surface area contributed by atoms with Crippen molar-refractivity contribution in [2.24, 2.45) is 0 Å². The Morgan fingerprint density at radius 3 is 2.42 bits per heavy atom. The van der Waals surface area contributed by atoms with Gasteiger partial charge in [-0.1, -0.05) is 13.8 Å². The minimum atomic E-state index is -0.776. The van der Waals surface area contributed by atoms with Gasteiger partial charge in [-0.05, 0) is 26.1 Å². The molecule has 0 aliphatic heterocycles. The molecule has 0 saturated carbocycles. The van der Waals surface area contributed by atoms with E-state index in [1.54, 1.807) is 0 Å². The van der Waals surface area contributed by atoms with Crippen molar-refractivity contribution in [2.45, 2.75) is 26.7 Å². The first-order valence-corrected chi connectivity index (χ1v) is 4.28. The van der Waals surface area contributed by atoms with Gasteiger partial charge in [0, 0.05) is 4.53 Å². The molecule has 0 aromatic heterocycles. The molecule has 0 aliphatic carbocycles. The summed E-state index contributed by atoms with van der Waals surface area (Å²) < 4.78 is 11.2. The van der Waals surface area contributed by atoms with Crippen LogP contribution in [0.1, 0.15) is 26.7 Å². The normalized spacial score (nSPS) is 10.3. The average Bonchev–Trinajstić information content (AvgIpc) is 2.12. The summed E-state index contributed by atoms with van der Waals surface area (Å²) in [5.74, 6) is -0.776. The van der Waals surface area contributed by atoms with E-state index in [4.69, 9.17) is 0 Å². The summed E-state index contributed by atoms with van der Waals surface area (Å²) in [4.78, 5) is 15.6. The highest BCUT2D eigenvalue weighted by atomic mass is 19.3. The Bertz CT molecular complexity index is 126. The van der Waals surface area contributed by atoms with Crippen LogP contribution >= 0.6 is 0 Å². The summed E-state index contributed by atoms with van der Waals surface area (Å²) in [6.45, 7) is 6.85. The van der Waals surface area contributed by atoms with Crippen LogP contribution in [0.25, 0.3) is 0 Å². The Morgan fingerprint density at radius 2 is 2.00 bits per heavy atom. The van der Waals surface area contributed by atoms with Gasteiger partial charge in [-0.15, -0.1) is 0 Å². The van der Waals surface area contributed by atoms with E-state index in [0.717, 1.165) is 19.6 Å². The third-order valence-electron chi connectivity index (χ3n) is 1.84. The standard InChI is InChI=1S/C8H16FNO2/c1-3-10(4-2)7-5-6-8(11)12-9/h3-7H2,1-2H3. The zero-order valence-corrected chi connectivity index (χ0v) is 7.68. The molecule has 0 radical (unpaired) electrons. The van der Waals surface area contributed by atoms with Crippen molar-refractivity contribution in [3.8, 4) is 0 Å². The molecule has 0 aliphatic rings. The fourth-order valence-corrected chi connectivity index (χ4v) is 1.03. The third-order valence-corrected chi connectivity index (χ3v) is 1.84. The van der Waals surface area contributed by atoms with Crippen LogP contribution in [0, 0.1) is 0 Å². The second-order valence-corrected chi connectivity index (χ2v) is 2.58. The second-order valence-electron chi connectivity index (χ2n) is 2.58. The van der Waals surface area contributed by atoms with E-state index in [0.29, 0.717) is 6.42 Å². The van der Waals surface area contributed by atoms with Crippen LogP contribution in [0.4, 0.5) is 4.53 Å². The number of hydrogen-bond acceptors (Lipinski definition) is 3. The first-order chi connectivity index (χ1) is 5.74. The van der Waals surface area contributed by atoms with Crippen molar-refractivity contribution in [1.29, 1.82) is 0 Å². The molecule has 0 aromatic carbocycles. The number of nitrogens with zero attached hydrogens (tertiary/aromatic N) is 1. The maximum Gasteiger partial charge on any atom is 0.348 e. The molecule has 0 fully saturated rings. The molecule has 0 unspecified atom stereocenters. The zero-order valence-electron chi connectivity index (χ0n) is 7.68. The molecule has 0 N–H and O–H groups in total. The quantitative estimate of drug-likeness (QED) is 0.616. The Kier molecular flexibility index (Phi) is 6.66. The van der Waals surface area contributed by atoms with Crippen LogP contribution in [0.2, 0.25) is 0 Å². The van der Waals surface area contributed by atoms with Crippen LogP contribution in [0.3, 0.4) is 0 Å². The van der Waals surface area contributed by atoms with Gasteiger partial charge in [0.25, 0.3) is 0 Å². The summed E-state index contributed by atoms with van der Waals surface area (Å²) in [5.41, 5.74) is 0. The van der Waals surface area contributed by atoms with Gasteiger partial charge in [0.05, 0.1) is 6.42 Å². The van der Waals surface area contributed by atoms with E-state index in [-0.39, 0.29) is 6.42 Å². The summed E-state index contributed by atoms with van der Waals surface area (Å²) in [6.07, 6.45) is 0.817. The molecule has 0 amide bonds. The van der Waals surface area contributed by atoms with Gasteiger partial charge >= 0.3 is 5.97 Å². The van der Waals surface area contributed by atoms with Gasteiger partial charge in [0.1, 0.15) is 0 Å². The Balaban J connectivity index is 3.34. The van der Waals surface area contributed by atoms with Gasteiger partial charge in [-0.2, -0.15) is 0 Å². The number of carbonyl (C=O) groups is 1. The average molecular weight is 177 g/mol. The zero-order chi connectivity index (χ0) is 9.40. The van der Waals surface area contributed by atoms with Crippen molar-refractivity contribution in [1.82, 2.24) is 4.90 Å². The van der Waals surface area contributed by atoms with Crippen molar-refractivity contribution in [2.75, 3.05) is 19.6 Å². The summed E-state index contributed by atoms with van der Waals surface area (Å²) in [5, 5.41) is 0. The van der Waals surface area contributed by atoms with Gasteiger partial charge in [0.15, 0.2) is 0 Å². The minimum absolute atomic E-state index is 0.160. The highest BCUT2D eigenvalue weighted by Gasteiger charge is 2.04. The molecule has 0 saturated heterocycles. The van der Waals surface area contributed by atoms with Gasteiger partial charge in [-0.25, -0.2) is 4.79 Å². The van der Waals surface area contributed by atoms with Crippen LogP contribution in [-0.4, -0.2) is 30.5 Å². The summed E-state index contributed by atoms with van der Waals surface area (Å²) in [7, 11) is 0. The van der Waals surface area contributed by atoms with E-state index in [9.17, 15) is 9.32 Å². The highest BCUT2D eigenvalue weighted by Crippen LogP contribution is 1.96. The largest absolute Gasteiger partial charge is 0.348 e. The number of halogens is 1. The van der Waals surface area contributed by atoms with Gasteiger partial charge in [-0.3, -0.25) is 4.94 Å². The first kappa shape index (κ1) is 11.4. The Labute approximate surface area is 72.4 Å². The minimum Gasteiger partial charge on any atom is -0.304 e. The van der Waals surface area contributed by atoms with E-state index in [1.165, 1.54) is 0 Å². The van der Waals surface area contributed by atoms with Crippen LogP contribution in [-0.2, 0) is 9.74 Å². The summed E-state index contributed by atoms with van der Waals surface area (Å²) >= 11 is 0. The number of carbonyl (C=O) groups excluding carboxylic acids is 1. The van der Waals surface area contributed by atoms with Crippen molar-refractivity contribution in [3.63, 3.8) is 0 Å². The Morgan fingerprint density at radius 1 is 1.42 bits per heavy atom.